The van der Waals surface area contributed by atoms with Gasteiger partial charge in [-0.1, -0.05) is 0 Å². The van der Waals surface area contributed by atoms with Gasteiger partial charge in [-0.2, -0.15) is 26.3 Å². The number of nitrogens with zero attached hydrogens (tertiary/aromatic N) is 1. The van der Waals surface area contributed by atoms with E-state index in [-0.39, 0.29) is 19.6 Å². The Morgan fingerprint density at radius 2 is 1.00 bits per heavy atom. The van der Waals surface area contributed by atoms with Crippen LogP contribution in [0.4, 0.5) is 26.3 Å². The summed E-state index contributed by atoms with van der Waals surface area (Å²) in [6.07, 6.45) is -10.5. The van der Waals surface area contributed by atoms with Crippen LogP contribution in [0.25, 0.3) is 0 Å². The number of alkyl halides is 6. The summed E-state index contributed by atoms with van der Waals surface area (Å²) in [4.78, 5) is 0. The zero-order valence-corrected chi connectivity index (χ0v) is 9.41. The van der Waals surface area contributed by atoms with Crippen molar-refractivity contribution in [2.24, 2.45) is 0 Å². The van der Waals surface area contributed by atoms with Crippen LogP contribution in [0, 0.1) is 0 Å². The fourth-order valence-electron chi connectivity index (χ4n) is 2.03. The number of rotatable bonds is 4. The molecule has 0 saturated heterocycles. The van der Waals surface area contributed by atoms with Crippen molar-refractivity contribution in [3.63, 3.8) is 0 Å². The van der Waals surface area contributed by atoms with E-state index < -0.39 is 22.9 Å². The van der Waals surface area contributed by atoms with E-state index >= 15 is 0 Å². The quantitative estimate of drug-likeness (QED) is 0.531. The molecule has 0 N–H and O–H groups in total. The summed E-state index contributed by atoms with van der Waals surface area (Å²) in [6, 6.07) is -3.29. The fourth-order valence-corrected chi connectivity index (χ4v) is 2.03. The fraction of sp³-hybridized carbons (Fsp3) is 1.00. The minimum absolute atomic E-state index is 0.198. The molecular formula is C9H16F6N+. The van der Waals surface area contributed by atoms with Gasteiger partial charge in [0.1, 0.15) is 0 Å². The second kappa shape index (κ2) is 4.81. The highest BCUT2D eigenvalue weighted by atomic mass is 19.4. The second-order valence-electron chi connectivity index (χ2n) is 3.65. The average molecular weight is 252 g/mol. The third-order valence-electron chi connectivity index (χ3n) is 3.06. The molecule has 0 spiro atoms. The molecule has 0 bridgehead atoms. The maximum absolute atomic E-state index is 12.5. The van der Waals surface area contributed by atoms with Gasteiger partial charge in [-0.05, 0) is 20.8 Å². The van der Waals surface area contributed by atoms with Crippen LogP contribution in [0.3, 0.4) is 0 Å². The smallest absolute Gasteiger partial charge is 0.307 e. The molecule has 0 saturated carbocycles. The Morgan fingerprint density at radius 3 is 1.06 bits per heavy atom. The van der Waals surface area contributed by atoms with E-state index in [0.717, 1.165) is 0 Å². The molecule has 0 fully saturated rings. The molecule has 0 aromatic heterocycles. The van der Waals surface area contributed by atoms with Crippen LogP contribution in [-0.4, -0.2) is 42.5 Å². The summed E-state index contributed by atoms with van der Waals surface area (Å²) >= 11 is 0. The minimum atomic E-state index is -5.26. The molecule has 0 aromatic rings. The lowest BCUT2D eigenvalue weighted by molar-refractivity contribution is -0.968. The summed E-state index contributed by atoms with van der Waals surface area (Å²) in [5.74, 6) is 0. The summed E-state index contributed by atoms with van der Waals surface area (Å²) in [6.45, 7) is 3.44. The lowest BCUT2D eigenvalue weighted by Gasteiger charge is -2.43. The first kappa shape index (κ1) is 15.5. The predicted octanol–water partition coefficient (Wildman–Crippen LogP) is 3.36. The molecule has 7 heteroatoms. The number of hydrogen-bond acceptors (Lipinski definition) is 0. The van der Waals surface area contributed by atoms with E-state index in [1.165, 1.54) is 20.8 Å². The maximum atomic E-state index is 12.5. The van der Waals surface area contributed by atoms with Crippen LogP contribution in [0.5, 0.6) is 0 Å². The Balaban J connectivity index is 5.49. The second-order valence-corrected chi connectivity index (χ2v) is 3.65. The molecule has 0 aliphatic carbocycles. The molecule has 0 aromatic carbocycles. The van der Waals surface area contributed by atoms with E-state index in [9.17, 15) is 26.3 Å². The molecular weight excluding hydrogens is 236 g/mol. The van der Waals surface area contributed by atoms with Gasteiger partial charge in [0.2, 0.25) is 0 Å². The van der Waals surface area contributed by atoms with Gasteiger partial charge >= 0.3 is 12.4 Å². The SMILES string of the molecule is CC[N+](CC)(CC)C(C(F)(F)F)C(F)(F)F. The Bertz CT molecular complexity index is 193. The summed E-state index contributed by atoms with van der Waals surface area (Å²) in [7, 11) is 0. The van der Waals surface area contributed by atoms with Crippen LogP contribution in [-0.2, 0) is 0 Å². The van der Waals surface area contributed by atoms with Crippen molar-refractivity contribution >= 4 is 0 Å². The highest BCUT2D eigenvalue weighted by molar-refractivity contribution is 4.77. The van der Waals surface area contributed by atoms with Crippen LogP contribution >= 0.6 is 0 Å². The Morgan fingerprint density at radius 1 is 0.750 bits per heavy atom. The zero-order chi connectivity index (χ0) is 13.2. The molecule has 0 aliphatic rings. The summed E-state index contributed by atoms with van der Waals surface area (Å²) in [5, 5.41) is 0. The van der Waals surface area contributed by atoms with Crippen LogP contribution in [0.2, 0.25) is 0 Å². The van der Waals surface area contributed by atoms with Gasteiger partial charge in [-0.15, -0.1) is 0 Å². The Kier molecular flexibility index (Phi) is 4.67. The van der Waals surface area contributed by atoms with Crippen molar-refractivity contribution < 1.29 is 30.8 Å². The number of hydrogen-bond donors (Lipinski definition) is 0. The third-order valence-corrected chi connectivity index (χ3v) is 3.06. The van der Waals surface area contributed by atoms with Gasteiger partial charge in [0, 0.05) is 0 Å². The number of halogens is 6. The highest BCUT2D eigenvalue weighted by Crippen LogP contribution is 2.40. The van der Waals surface area contributed by atoms with E-state index in [1.54, 1.807) is 0 Å². The van der Waals surface area contributed by atoms with E-state index in [1.807, 2.05) is 0 Å². The molecule has 0 radical (unpaired) electrons. The predicted molar refractivity (Wildman–Crippen MR) is 47.8 cm³/mol. The highest BCUT2D eigenvalue weighted by Gasteiger charge is 2.66. The van der Waals surface area contributed by atoms with Crippen molar-refractivity contribution in [3.8, 4) is 0 Å². The van der Waals surface area contributed by atoms with Crippen molar-refractivity contribution in [1.82, 2.24) is 0 Å². The molecule has 0 aliphatic heterocycles. The van der Waals surface area contributed by atoms with Gasteiger partial charge in [0.15, 0.2) is 0 Å². The van der Waals surface area contributed by atoms with Crippen molar-refractivity contribution in [2.75, 3.05) is 19.6 Å². The molecule has 0 heterocycles. The first-order valence-corrected chi connectivity index (χ1v) is 5.04. The first-order valence-electron chi connectivity index (χ1n) is 5.04. The topological polar surface area (TPSA) is 0 Å². The van der Waals surface area contributed by atoms with E-state index in [2.05, 4.69) is 0 Å². The number of quaternary nitrogens is 1. The van der Waals surface area contributed by atoms with Crippen molar-refractivity contribution in [1.29, 1.82) is 0 Å². The summed E-state index contributed by atoms with van der Waals surface area (Å²) in [5.41, 5.74) is 0. The molecule has 1 nitrogen and oxygen atoms in total. The largest absolute Gasteiger partial charge is 0.450 e. The minimum Gasteiger partial charge on any atom is -0.307 e. The molecule has 0 amide bonds. The van der Waals surface area contributed by atoms with Crippen molar-refractivity contribution in [3.05, 3.63) is 0 Å². The van der Waals surface area contributed by atoms with E-state index in [4.69, 9.17) is 0 Å². The third kappa shape index (κ3) is 3.02. The first-order chi connectivity index (χ1) is 7.05. The summed E-state index contributed by atoms with van der Waals surface area (Å²) < 4.78 is 74.2. The lowest BCUT2D eigenvalue weighted by Crippen LogP contribution is -2.66. The van der Waals surface area contributed by atoms with Gasteiger partial charge in [-0.25, -0.2) is 0 Å². The van der Waals surface area contributed by atoms with Gasteiger partial charge in [0.05, 0.1) is 19.6 Å². The lowest BCUT2D eigenvalue weighted by atomic mass is 10.1. The van der Waals surface area contributed by atoms with E-state index in [0.29, 0.717) is 0 Å². The molecule has 98 valence electrons. The Hall–Kier alpha value is -0.460. The Labute approximate surface area is 90.6 Å². The van der Waals surface area contributed by atoms with Crippen LogP contribution < -0.4 is 0 Å². The average Bonchev–Trinajstić information content (AvgIpc) is 2.10. The zero-order valence-electron chi connectivity index (χ0n) is 9.41. The molecule has 0 rings (SSSR count). The van der Waals surface area contributed by atoms with Gasteiger partial charge in [0.25, 0.3) is 6.04 Å². The monoisotopic (exact) mass is 252 g/mol. The van der Waals surface area contributed by atoms with Gasteiger partial charge < -0.3 is 4.48 Å². The molecule has 16 heavy (non-hydrogen) atoms. The normalized spacial score (nSPS) is 14.6. The molecule has 0 atom stereocenters. The van der Waals surface area contributed by atoms with Crippen LogP contribution in [0.1, 0.15) is 20.8 Å². The van der Waals surface area contributed by atoms with Crippen molar-refractivity contribution in [2.45, 2.75) is 39.2 Å². The standard InChI is InChI=1S/C9H16F6N/c1-4-16(5-2,6-3)7(8(10,11)12)9(13,14)15/h7H,4-6H2,1-3H3/q+1. The van der Waals surface area contributed by atoms with Gasteiger partial charge in [-0.3, -0.25) is 0 Å². The maximum Gasteiger partial charge on any atom is 0.450 e. The molecule has 0 unspecified atom stereocenters. The van der Waals surface area contributed by atoms with Crippen LogP contribution in [0.15, 0.2) is 0 Å².